The van der Waals surface area contributed by atoms with Crippen molar-refractivity contribution in [1.82, 2.24) is 9.88 Å². The molecule has 0 radical (unpaired) electrons. The van der Waals surface area contributed by atoms with Crippen LogP contribution >= 0.6 is 0 Å². The fourth-order valence-corrected chi connectivity index (χ4v) is 3.40. The van der Waals surface area contributed by atoms with Gasteiger partial charge in [0, 0.05) is 30.5 Å². The Balaban J connectivity index is 0.000000160. The quantitative estimate of drug-likeness (QED) is 0.854. The molecule has 0 spiro atoms. The van der Waals surface area contributed by atoms with Gasteiger partial charge in [0.25, 0.3) is 6.43 Å². The summed E-state index contributed by atoms with van der Waals surface area (Å²) in [4.78, 5) is 6.31. The molecular weight excluding hydrogens is 290 g/mol. The summed E-state index contributed by atoms with van der Waals surface area (Å²) in [6, 6.07) is 2.47. The Kier molecular flexibility index (Phi) is 6.08. The molecule has 0 saturated carbocycles. The predicted octanol–water partition coefficient (Wildman–Crippen LogP) is 3.29. The van der Waals surface area contributed by atoms with Gasteiger partial charge in [-0.2, -0.15) is 0 Å². The second-order valence-corrected chi connectivity index (χ2v) is 5.78. The summed E-state index contributed by atoms with van der Waals surface area (Å²) >= 11 is 0. The number of ether oxygens (including phenoxy) is 2. The Morgan fingerprint density at radius 2 is 1.95 bits per heavy atom. The maximum absolute atomic E-state index is 12.0. The SMILES string of the molecule is COCC12CCCN1CCC2.COc1cc(C(F)F)ccn1. The van der Waals surface area contributed by atoms with Crippen molar-refractivity contribution in [3.63, 3.8) is 0 Å². The lowest BCUT2D eigenvalue weighted by Crippen LogP contribution is -2.42. The number of methoxy groups -OCH3 is 2. The number of nitrogens with zero attached hydrogens (tertiary/aromatic N) is 2. The molecule has 0 N–H and O–H groups in total. The first-order valence-corrected chi connectivity index (χ1v) is 7.63. The molecule has 0 unspecified atom stereocenters. The van der Waals surface area contributed by atoms with Crippen LogP contribution in [-0.4, -0.2) is 49.3 Å². The van der Waals surface area contributed by atoms with Crippen LogP contribution in [0.5, 0.6) is 5.88 Å². The van der Waals surface area contributed by atoms with Crippen LogP contribution in [-0.2, 0) is 4.74 Å². The van der Waals surface area contributed by atoms with Crippen LogP contribution in [0.2, 0.25) is 0 Å². The monoisotopic (exact) mass is 314 g/mol. The average molecular weight is 314 g/mol. The van der Waals surface area contributed by atoms with Crippen molar-refractivity contribution in [2.45, 2.75) is 37.6 Å². The third-order valence-electron chi connectivity index (χ3n) is 4.44. The average Bonchev–Trinajstić information content (AvgIpc) is 3.08. The van der Waals surface area contributed by atoms with E-state index in [1.165, 1.54) is 64.2 Å². The minimum Gasteiger partial charge on any atom is -0.481 e. The highest BCUT2D eigenvalue weighted by Crippen LogP contribution is 2.38. The summed E-state index contributed by atoms with van der Waals surface area (Å²) in [7, 11) is 3.21. The smallest absolute Gasteiger partial charge is 0.264 e. The molecule has 2 aliphatic rings. The van der Waals surface area contributed by atoms with Crippen LogP contribution in [0.3, 0.4) is 0 Å². The molecule has 4 nitrogen and oxygen atoms in total. The van der Waals surface area contributed by atoms with Gasteiger partial charge in [-0.25, -0.2) is 13.8 Å². The van der Waals surface area contributed by atoms with Gasteiger partial charge in [0.2, 0.25) is 5.88 Å². The largest absolute Gasteiger partial charge is 0.481 e. The fourth-order valence-electron chi connectivity index (χ4n) is 3.40. The van der Waals surface area contributed by atoms with Gasteiger partial charge in [0.05, 0.1) is 13.7 Å². The zero-order chi connectivity index (χ0) is 16.0. The molecule has 3 heterocycles. The molecule has 2 saturated heterocycles. The Morgan fingerprint density at radius 1 is 1.27 bits per heavy atom. The number of hydrogen-bond donors (Lipinski definition) is 0. The first-order valence-electron chi connectivity index (χ1n) is 7.63. The molecule has 2 fully saturated rings. The normalized spacial score (nSPS) is 19.7. The summed E-state index contributed by atoms with van der Waals surface area (Å²) in [6.07, 6.45) is 4.31. The van der Waals surface area contributed by atoms with Crippen molar-refractivity contribution in [3.05, 3.63) is 23.9 Å². The summed E-state index contributed by atoms with van der Waals surface area (Å²) in [5.41, 5.74) is 0.395. The van der Waals surface area contributed by atoms with Gasteiger partial charge in [-0.1, -0.05) is 0 Å². The summed E-state index contributed by atoms with van der Waals surface area (Å²) in [5.74, 6) is 0.211. The lowest BCUT2D eigenvalue weighted by Gasteiger charge is -2.30. The third-order valence-corrected chi connectivity index (χ3v) is 4.44. The summed E-state index contributed by atoms with van der Waals surface area (Å²) < 4.78 is 33.9. The van der Waals surface area contributed by atoms with Crippen molar-refractivity contribution < 1.29 is 18.3 Å². The number of halogens is 2. The van der Waals surface area contributed by atoms with Gasteiger partial charge < -0.3 is 9.47 Å². The highest BCUT2D eigenvalue weighted by molar-refractivity contribution is 5.21. The van der Waals surface area contributed by atoms with Crippen LogP contribution in [0.15, 0.2) is 18.3 Å². The highest BCUT2D eigenvalue weighted by atomic mass is 19.3. The summed E-state index contributed by atoms with van der Waals surface area (Å²) in [6.45, 7) is 3.57. The lowest BCUT2D eigenvalue weighted by atomic mass is 9.95. The van der Waals surface area contributed by atoms with E-state index in [1.807, 2.05) is 7.11 Å². The van der Waals surface area contributed by atoms with Crippen LogP contribution in [0.25, 0.3) is 0 Å². The van der Waals surface area contributed by atoms with Crippen LogP contribution < -0.4 is 4.74 Å². The van der Waals surface area contributed by atoms with Gasteiger partial charge in [0.1, 0.15) is 0 Å². The van der Waals surface area contributed by atoms with E-state index in [-0.39, 0.29) is 11.4 Å². The van der Waals surface area contributed by atoms with E-state index in [0.717, 1.165) is 6.61 Å². The Bertz CT molecular complexity index is 461. The zero-order valence-corrected chi connectivity index (χ0v) is 13.2. The molecule has 2 aliphatic heterocycles. The number of rotatable bonds is 4. The Hall–Kier alpha value is -1.27. The number of aromatic nitrogens is 1. The van der Waals surface area contributed by atoms with E-state index in [2.05, 4.69) is 14.6 Å². The first-order chi connectivity index (χ1) is 10.6. The zero-order valence-electron chi connectivity index (χ0n) is 13.2. The van der Waals surface area contributed by atoms with E-state index in [0.29, 0.717) is 5.54 Å². The van der Waals surface area contributed by atoms with Crippen molar-refractivity contribution >= 4 is 0 Å². The molecule has 1 aromatic rings. The van der Waals surface area contributed by atoms with Gasteiger partial charge in [-0.3, -0.25) is 4.90 Å². The highest BCUT2D eigenvalue weighted by Gasteiger charge is 2.43. The van der Waals surface area contributed by atoms with E-state index in [4.69, 9.17) is 4.74 Å². The third kappa shape index (κ3) is 3.93. The number of fused-ring (bicyclic) bond motifs is 1. The predicted molar refractivity (Wildman–Crippen MR) is 80.4 cm³/mol. The molecule has 0 aliphatic carbocycles. The molecule has 6 heteroatoms. The standard InChI is InChI=1S/C9H17NO.C7H7F2NO/c1-11-8-9-4-2-6-10(9)7-3-5-9;1-11-6-4-5(7(8)9)2-3-10-6/h2-8H2,1H3;2-4,7H,1H3. The molecule has 0 bridgehead atoms. The second-order valence-electron chi connectivity index (χ2n) is 5.78. The van der Waals surface area contributed by atoms with Crippen LogP contribution in [0, 0.1) is 0 Å². The van der Waals surface area contributed by atoms with Crippen LogP contribution in [0.1, 0.15) is 37.7 Å². The lowest BCUT2D eigenvalue weighted by molar-refractivity contribution is 0.0655. The Morgan fingerprint density at radius 3 is 2.50 bits per heavy atom. The molecule has 0 atom stereocenters. The van der Waals surface area contributed by atoms with E-state index in [9.17, 15) is 8.78 Å². The van der Waals surface area contributed by atoms with Crippen LogP contribution in [0.4, 0.5) is 8.78 Å². The van der Waals surface area contributed by atoms with Gasteiger partial charge >= 0.3 is 0 Å². The minimum absolute atomic E-state index is 0.0724. The molecule has 22 heavy (non-hydrogen) atoms. The van der Waals surface area contributed by atoms with Gasteiger partial charge in [-0.15, -0.1) is 0 Å². The second kappa shape index (κ2) is 7.83. The molecule has 0 aromatic carbocycles. The number of hydrogen-bond acceptors (Lipinski definition) is 4. The van der Waals surface area contributed by atoms with Crippen molar-refractivity contribution in [2.75, 3.05) is 33.9 Å². The van der Waals surface area contributed by atoms with Gasteiger partial charge in [0.15, 0.2) is 0 Å². The topological polar surface area (TPSA) is 34.6 Å². The molecule has 3 rings (SSSR count). The van der Waals surface area contributed by atoms with Crippen molar-refractivity contribution in [3.8, 4) is 5.88 Å². The number of pyridine rings is 1. The maximum Gasteiger partial charge on any atom is 0.264 e. The first kappa shape index (κ1) is 17.1. The Labute approximate surface area is 130 Å². The summed E-state index contributed by atoms with van der Waals surface area (Å²) in [5, 5.41) is 0. The molecule has 1 aromatic heterocycles. The molecule has 124 valence electrons. The van der Waals surface area contributed by atoms with Crippen molar-refractivity contribution in [1.29, 1.82) is 0 Å². The van der Waals surface area contributed by atoms with E-state index < -0.39 is 6.43 Å². The minimum atomic E-state index is -2.47. The van der Waals surface area contributed by atoms with E-state index >= 15 is 0 Å². The fraction of sp³-hybridized carbons (Fsp3) is 0.688. The molecule has 0 amide bonds. The molecular formula is C16H24F2N2O2. The van der Waals surface area contributed by atoms with E-state index in [1.54, 1.807) is 0 Å². The number of alkyl halides is 2. The van der Waals surface area contributed by atoms with Gasteiger partial charge in [-0.05, 0) is 44.8 Å². The maximum atomic E-state index is 12.0. The van der Waals surface area contributed by atoms with Crippen molar-refractivity contribution in [2.24, 2.45) is 0 Å².